The third-order valence-electron chi connectivity index (χ3n) is 4.71. The molecule has 16 heteroatoms. The Morgan fingerprint density at radius 3 is 1.04 bits per heavy atom. The summed E-state index contributed by atoms with van der Waals surface area (Å²) in [5.74, 6) is -2.26. The Kier molecular flexibility index (Phi) is 22.2. The molecule has 0 saturated heterocycles. The Bertz CT molecular complexity index is 1240. The van der Waals surface area contributed by atoms with Gasteiger partial charge in [0.05, 0.1) is 47.2 Å². The van der Waals surface area contributed by atoms with Gasteiger partial charge in [-0.05, 0) is 112 Å². The first-order valence-corrected chi connectivity index (χ1v) is 17.5. The van der Waals surface area contributed by atoms with Crippen molar-refractivity contribution in [1.29, 1.82) is 0 Å². The molecule has 2 rings (SSSR count). The van der Waals surface area contributed by atoms with Crippen molar-refractivity contribution in [3.05, 3.63) is 70.8 Å². The van der Waals surface area contributed by atoms with Crippen molar-refractivity contribution in [3.8, 4) is 0 Å². The van der Waals surface area contributed by atoms with Crippen LogP contribution in [0.25, 0.3) is 0 Å². The molecule has 12 nitrogen and oxygen atoms in total. The zero-order chi connectivity index (χ0) is 35.8. The molecule has 1 N–H and O–H groups in total. The summed E-state index contributed by atoms with van der Waals surface area (Å²) in [5.41, 5.74) is -1.26. The van der Waals surface area contributed by atoms with Crippen molar-refractivity contribution in [1.82, 2.24) is 0 Å². The van der Waals surface area contributed by atoms with E-state index >= 15 is 0 Å². The molecule has 0 spiro atoms. The molecule has 0 saturated carbocycles. The number of hydrogen-bond donors (Lipinski definition) is 1. The van der Waals surface area contributed by atoms with Crippen molar-refractivity contribution in [2.24, 2.45) is 0 Å². The average molecular weight is 819 g/mol. The van der Waals surface area contributed by atoms with Gasteiger partial charge in [0.2, 0.25) is 0 Å². The fraction of sp³-hybridized carbons (Fsp3) is 0.576. The summed E-state index contributed by atoms with van der Waals surface area (Å²) in [4.78, 5) is 21.5. The Hall–Kier alpha value is -1.06. The van der Waals surface area contributed by atoms with E-state index in [-0.39, 0.29) is 73.0 Å². The van der Waals surface area contributed by atoms with Gasteiger partial charge in [0.15, 0.2) is 0 Å². The molecular weight excluding hydrogens is 765 g/mol. The van der Waals surface area contributed by atoms with E-state index in [1.807, 2.05) is 0 Å². The van der Waals surface area contributed by atoms with Crippen LogP contribution < -0.4 is 24.0 Å². The normalized spacial score (nSPS) is 12.3. The maximum atomic E-state index is 12.8. The maximum Gasteiger partial charge on any atom is 1.00 e. The Labute approximate surface area is 320 Å². The van der Waals surface area contributed by atoms with Crippen LogP contribution in [0.2, 0.25) is 0 Å². The molecule has 0 amide bonds. The van der Waals surface area contributed by atoms with Crippen molar-refractivity contribution >= 4 is 27.6 Å². The molecule has 0 aliphatic rings. The summed E-state index contributed by atoms with van der Waals surface area (Å²) < 4.78 is 58.5. The summed E-state index contributed by atoms with van der Waals surface area (Å²) in [6, 6.07) is 12.0. The van der Waals surface area contributed by atoms with E-state index in [2.05, 4.69) is 0 Å². The second-order valence-electron chi connectivity index (χ2n) is 14.2. The van der Waals surface area contributed by atoms with E-state index in [1.165, 1.54) is 24.3 Å². The number of carbonyl (C=O) groups is 2. The quantitative estimate of drug-likeness (QED) is 0.209. The number of phosphoric ester groups is 2. The molecule has 0 heterocycles. The molecule has 0 fully saturated rings. The second-order valence-corrected chi connectivity index (χ2v) is 17.3. The van der Waals surface area contributed by atoms with Crippen LogP contribution in [0.5, 0.6) is 0 Å². The number of aromatic carboxylic acids is 2. The van der Waals surface area contributed by atoms with Crippen molar-refractivity contribution < 1.29 is 97.3 Å². The number of hydrogen-bond acceptors (Lipinski definition) is 11. The minimum Gasteiger partial charge on any atom is -0.545 e. The molecule has 0 unspecified atom stereocenters. The number of phosphoric acid groups is 2. The Morgan fingerprint density at radius 2 is 0.837 bits per heavy atom. The number of benzene rings is 2. The SMILES string of the molecule is C.CC(C)(C)OP(=O)(OCc1ccc(C(=O)O)cc1)OC(C)(C)C.CC(C)(C)OP(=O)(OCc1ccc(C(=O)[O-])cc1)OC(C)(C)C.[Ag].[Li+]. The van der Waals surface area contributed by atoms with Gasteiger partial charge in [-0.15, -0.1) is 0 Å². The molecule has 0 aliphatic heterocycles. The molecule has 1 radical (unpaired) electrons. The fourth-order valence-electron chi connectivity index (χ4n) is 3.27. The van der Waals surface area contributed by atoms with E-state index in [0.717, 1.165) is 0 Å². The standard InChI is InChI=1S/2C16H25O6P.CH4.Ag.Li/c2*1-15(2,3)21-23(19,22-16(4,5)6)20-11-12-7-9-13(10-8-12)14(17)18;;;/h2*7-10H,11H2,1-6H3,(H,17,18);1H4;;/q;;;;+1/p-1. The predicted octanol–water partition coefficient (Wildman–Crippen LogP) is 5.58. The van der Waals surface area contributed by atoms with Crippen LogP contribution in [0.1, 0.15) is 122 Å². The molecule has 49 heavy (non-hydrogen) atoms. The first-order chi connectivity index (χ1) is 20.6. The third-order valence-corrected chi connectivity index (χ3v) is 8.69. The number of carbonyl (C=O) groups excluding carboxylic acids is 1. The molecule has 0 bridgehead atoms. The summed E-state index contributed by atoms with van der Waals surface area (Å²) >= 11 is 0. The summed E-state index contributed by atoms with van der Waals surface area (Å²) in [5, 5.41) is 19.6. The second kappa shape index (κ2) is 20.8. The third kappa shape index (κ3) is 23.9. The van der Waals surface area contributed by atoms with Gasteiger partial charge < -0.3 is 15.0 Å². The zero-order valence-electron chi connectivity index (χ0n) is 30.2. The Balaban J connectivity index is -0.000000814. The zero-order valence-corrected chi connectivity index (χ0v) is 33.4. The average Bonchev–Trinajstić information content (AvgIpc) is 2.82. The van der Waals surface area contributed by atoms with Crippen LogP contribution in [0.4, 0.5) is 0 Å². The van der Waals surface area contributed by atoms with Gasteiger partial charge in [-0.2, -0.15) is 0 Å². The fourth-order valence-corrected chi connectivity index (χ4v) is 6.86. The molecule has 0 aliphatic carbocycles. The van der Waals surface area contributed by atoms with Gasteiger partial charge in [-0.1, -0.05) is 43.8 Å². The van der Waals surface area contributed by atoms with Gasteiger partial charge in [-0.3, -0.25) is 27.1 Å². The van der Waals surface area contributed by atoms with Gasteiger partial charge in [-0.25, -0.2) is 13.9 Å². The molecule has 0 atom stereocenters. The number of carboxylic acids is 2. The molecule has 2 aromatic rings. The maximum absolute atomic E-state index is 12.8. The van der Waals surface area contributed by atoms with Crippen molar-refractivity contribution in [3.63, 3.8) is 0 Å². The summed E-state index contributed by atoms with van der Waals surface area (Å²) in [7, 11) is -7.56. The number of carboxylic acid groups (broad SMARTS) is 2. The van der Waals surface area contributed by atoms with Gasteiger partial charge in [0.1, 0.15) is 0 Å². The summed E-state index contributed by atoms with van der Waals surface area (Å²) in [6.45, 7) is 21.0. The first kappa shape index (κ1) is 52.3. The van der Waals surface area contributed by atoms with Crippen LogP contribution in [0, 0.1) is 0 Å². The van der Waals surface area contributed by atoms with Crippen LogP contribution >= 0.6 is 15.6 Å². The van der Waals surface area contributed by atoms with E-state index in [9.17, 15) is 23.8 Å². The Morgan fingerprint density at radius 1 is 0.592 bits per heavy atom. The number of rotatable bonds is 12. The molecule has 0 aromatic heterocycles. The van der Waals surface area contributed by atoms with Crippen LogP contribution in [-0.2, 0) is 71.9 Å². The minimum atomic E-state index is -3.79. The topological polar surface area (TPSA) is 167 Å². The van der Waals surface area contributed by atoms with Crippen LogP contribution in [-0.4, -0.2) is 39.4 Å². The smallest absolute Gasteiger partial charge is 0.545 e. The predicted molar refractivity (Wildman–Crippen MR) is 179 cm³/mol. The van der Waals surface area contributed by atoms with Crippen molar-refractivity contribution in [2.75, 3.05) is 0 Å². The summed E-state index contributed by atoms with van der Waals surface area (Å²) in [6.07, 6.45) is 0. The van der Waals surface area contributed by atoms with Crippen LogP contribution in [0.3, 0.4) is 0 Å². The van der Waals surface area contributed by atoms with Crippen LogP contribution in [0.15, 0.2) is 48.5 Å². The van der Waals surface area contributed by atoms with Crippen molar-refractivity contribution in [2.45, 2.75) is 126 Å². The van der Waals surface area contributed by atoms with Gasteiger partial charge >= 0.3 is 40.5 Å². The first-order valence-electron chi connectivity index (χ1n) is 14.5. The van der Waals surface area contributed by atoms with Gasteiger partial charge in [0, 0.05) is 22.4 Å². The van der Waals surface area contributed by atoms with E-state index < -0.39 is 50.0 Å². The molecular formula is C33H53AgLiO12P2. The largest absolute Gasteiger partial charge is 1.00 e. The van der Waals surface area contributed by atoms with E-state index in [0.29, 0.717) is 11.1 Å². The monoisotopic (exact) mass is 817 g/mol. The van der Waals surface area contributed by atoms with Gasteiger partial charge in [0.25, 0.3) is 0 Å². The minimum absolute atomic E-state index is 0. The molecule has 2 aromatic carbocycles. The van der Waals surface area contributed by atoms with E-state index in [4.69, 9.17) is 32.2 Å². The molecule has 279 valence electrons. The van der Waals surface area contributed by atoms with E-state index in [1.54, 1.807) is 107 Å².